The summed E-state index contributed by atoms with van der Waals surface area (Å²) < 4.78 is 37.8. The summed E-state index contributed by atoms with van der Waals surface area (Å²) in [6, 6.07) is 4.35. The number of carboxylic acid groups (broad SMARTS) is 1. The molecule has 18 heavy (non-hydrogen) atoms. The zero-order valence-corrected chi connectivity index (χ0v) is 10.4. The highest BCUT2D eigenvalue weighted by atomic mass is 32.2. The van der Waals surface area contributed by atoms with Gasteiger partial charge in [0, 0.05) is 6.54 Å². The predicted molar refractivity (Wildman–Crippen MR) is 62.7 cm³/mol. The first-order valence-electron chi connectivity index (χ1n) is 5.01. The molecule has 0 aliphatic carbocycles. The maximum Gasteiger partial charge on any atom is 0.352 e. The van der Waals surface area contributed by atoms with Gasteiger partial charge in [0.2, 0.25) is 0 Å². The molecule has 0 aromatic heterocycles. The van der Waals surface area contributed by atoms with Gasteiger partial charge in [0.25, 0.3) is 10.0 Å². The van der Waals surface area contributed by atoms with Crippen molar-refractivity contribution in [3.63, 3.8) is 0 Å². The van der Waals surface area contributed by atoms with E-state index in [0.717, 1.165) is 12.1 Å². The summed E-state index contributed by atoms with van der Waals surface area (Å²) in [5.74, 6) is -2.16. The number of hydrogen-bond acceptors (Lipinski definition) is 3. The number of benzene rings is 1. The van der Waals surface area contributed by atoms with Crippen LogP contribution in [0, 0.1) is 5.82 Å². The average molecular weight is 273 g/mol. The third kappa shape index (κ3) is 2.67. The fraction of sp³-hybridized carbons (Fsp3) is 0.182. The van der Waals surface area contributed by atoms with Crippen molar-refractivity contribution >= 4 is 16.0 Å². The van der Waals surface area contributed by atoms with Crippen LogP contribution in [0.4, 0.5) is 4.39 Å². The Morgan fingerprint density at radius 2 is 2.11 bits per heavy atom. The number of rotatable bonds is 5. The van der Waals surface area contributed by atoms with E-state index in [-0.39, 0.29) is 11.4 Å². The second kappa shape index (κ2) is 5.18. The average Bonchev–Trinajstić information content (AvgIpc) is 2.29. The number of aliphatic carboxylic acids is 1. The molecule has 0 spiro atoms. The molecule has 7 heteroatoms. The van der Waals surface area contributed by atoms with Crippen molar-refractivity contribution in [1.82, 2.24) is 4.31 Å². The zero-order valence-electron chi connectivity index (χ0n) is 9.63. The van der Waals surface area contributed by atoms with Gasteiger partial charge in [-0.2, -0.15) is 0 Å². The molecule has 0 aliphatic rings. The van der Waals surface area contributed by atoms with E-state index in [1.165, 1.54) is 19.1 Å². The molecule has 5 nitrogen and oxygen atoms in total. The summed E-state index contributed by atoms with van der Waals surface area (Å²) in [7, 11) is -4.10. The smallest absolute Gasteiger partial charge is 0.352 e. The van der Waals surface area contributed by atoms with Crippen molar-refractivity contribution in [2.75, 3.05) is 6.54 Å². The normalized spacial score (nSPS) is 11.0. The lowest BCUT2D eigenvalue weighted by molar-refractivity contribution is -0.133. The van der Waals surface area contributed by atoms with Crippen LogP contribution in [0.2, 0.25) is 0 Å². The summed E-state index contributed by atoms with van der Waals surface area (Å²) >= 11 is 0. The topological polar surface area (TPSA) is 74.7 Å². The Labute approximate surface area is 104 Å². The lowest BCUT2D eigenvalue weighted by Crippen LogP contribution is -2.33. The first kappa shape index (κ1) is 14.2. The van der Waals surface area contributed by atoms with Crippen molar-refractivity contribution in [3.05, 3.63) is 42.4 Å². The van der Waals surface area contributed by atoms with Crippen molar-refractivity contribution in [1.29, 1.82) is 0 Å². The third-order valence-corrected chi connectivity index (χ3v) is 4.13. The van der Waals surface area contributed by atoms with E-state index >= 15 is 0 Å². The van der Waals surface area contributed by atoms with Gasteiger partial charge in [-0.1, -0.05) is 12.6 Å². The number of carbonyl (C=O) groups is 1. The molecule has 0 atom stereocenters. The molecule has 0 aliphatic heterocycles. The minimum absolute atomic E-state index is 0.107. The Kier molecular flexibility index (Phi) is 4.07. The molecule has 0 heterocycles. The molecule has 0 bridgehead atoms. The number of sulfonamides is 1. The molecule has 0 unspecified atom stereocenters. The summed E-state index contributed by atoms with van der Waals surface area (Å²) in [5.41, 5.74) is -0.582. The van der Waals surface area contributed by atoms with Crippen LogP contribution in [0.5, 0.6) is 0 Å². The van der Waals surface area contributed by atoms with E-state index in [1.54, 1.807) is 0 Å². The van der Waals surface area contributed by atoms with E-state index in [4.69, 9.17) is 5.11 Å². The van der Waals surface area contributed by atoms with E-state index < -0.39 is 27.5 Å². The Morgan fingerprint density at radius 1 is 1.50 bits per heavy atom. The molecular formula is C11H12FNO4S. The second-order valence-electron chi connectivity index (χ2n) is 3.38. The van der Waals surface area contributed by atoms with Crippen LogP contribution >= 0.6 is 0 Å². The number of likely N-dealkylation sites (N-methyl/N-ethyl adjacent to an activating group) is 1. The van der Waals surface area contributed by atoms with Gasteiger partial charge in [-0.3, -0.25) is 4.31 Å². The lowest BCUT2D eigenvalue weighted by atomic mass is 10.4. The highest BCUT2D eigenvalue weighted by molar-refractivity contribution is 7.89. The van der Waals surface area contributed by atoms with Crippen molar-refractivity contribution in [2.24, 2.45) is 0 Å². The van der Waals surface area contributed by atoms with Crippen molar-refractivity contribution in [2.45, 2.75) is 11.8 Å². The molecular weight excluding hydrogens is 261 g/mol. The first-order valence-corrected chi connectivity index (χ1v) is 6.45. The van der Waals surface area contributed by atoms with Gasteiger partial charge in [-0.15, -0.1) is 0 Å². The van der Waals surface area contributed by atoms with Crippen LogP contribution in [0.3, 0.4) is 0 Å². The molecule has 98 valence electrons. The Bertz CT molecular complexity index is 582. The molecule has 0 saturated heterocycles. The Hall–Kier alpha value is -1.89. The van der Waals surface area contributed by atoms with Crippen LogP contribution in [-0.4, -0.2) is 30.3 Å². The monoisotopic (exact) mass is 273 g/mol. The number of halogens is 1. The van der Waals surface area contributed by atoms with Crippen LogP contribution in [0.25, 0.3) is 0 Å². The first-order chi connectivity index (χ1) is 8.30. The van der Waals surface area contributed by atoms with Gasteiger partial charge in [-0.05, 0) is 25.1 Å². The summed E-state index contributed by atoms with van der Waals surface area (Å²) in [4.78, 5) is 10.5. The van der Waals surface area contributed by atoms with Crippen molar-refractivity contribution < 1.29 is 22.7 Å². The van der Waals surface area contributed by atoms with E-state index in [0.29, 0.717) is 4.31 Å². The molecule has 1 rings (SSSR count). The molecule has 1 aromatic carbocycles. The van der Waals surface area contributed by atoms with Gasteiger partial charge in [0.05, 0.1) is 4.90 Å². The van der Waals surface area contributed by atoms with Gasteiger partial charge >= 0.3 is 5.97 Å². The Balaban J connectivity index is 3.28. The summed E-state index contributed by atoms with van der Waals surface area (Å²) in [5, 5.41) is 8.77. The minimum atomic E-state index is -4.10. The number of carboxylic acids is 1. The third-order valence-electron chi connectivity index (χ3n) is 2.22. The second-order valence-corrected chi connectivity index (χ2v) is 5.24. The minimum Gasteiger partial charge on any atom is -0.477 e. The van der Waals surface area contributed by atoms with E-state index in [9.17, 15) is 17.6 Å². The molecule has 0 amide bonds. The van der Waals surface area contributed by atoms with Crippen LogP contribution in [-0.2, 0) is 14.8 Å². The largest absolute Gasteiger partial charge is 0.477 e. The maximum atomic E-state index is 13.0. The molecule has 1 N–H and O–H groups in total. The maximum absolute atomic E-state index is 13.0. The van der Waals surface area contributed by atoms with E-state index in [2.05, 4.69) is 6.58 Å². The fourth-order valence-electron chi connectivity index (χ4n) is 1.37. The molecule has 0 fully saturated rings. The highest BCUT2D eigenvalue weighted by Gasteiger charge is 2.27. The number of nitrogens with zero attached hydrogens (tertiary/aromatic N) is 1. The predicted octanol–water partition coefficient (Wildman–Crippen LogP) is 1.43. The molecule has 0 radical (unpaired) electrons. The molecule has 0 saturated carbocycles. The van der Waals surface area contributed by atoms with Crippen LogP contribution in [0.1, 0.15) is 6.92 Å². The Morgan fingerprint density at radius 3 is 2.56 bits per heavy atom. The van der Waals surface area contributed by atoms with Crippen LogP contribution in [0.15, 0.2) is 41.4 Å². The quantitative estimate of drug-likeness (QED) is 0.824. The number of hydrogen-bond donors (Lipinski definition) is 1. The van der Waals surface area contributed by atoms with Crippen LogP contribution < -0.4 is 0 Å². The standard InChI is InChI=1S/C11H12FNO4S/c1-3-13(8(2)11(14)15)18(16,17)10-6-4-5-9(12)7-10/h4-7H,2-3H2,1H3,(H,14,15). The van der Waals surface area contributed by atoms with Gasteiger partial charge < -0.3 is 5.11 Å². The molecule has 1 aromatic rings. The lowest BCUT2D eigenvalue weighted by Gasteiger charge is -2.22. The van der Waals surface area contributed by atoms with Gasteiger partial charge in [-0.25, -0.2) is 17.6 Å². The summed E-state index contributed by atoms with van der Waals surface area (Å²) in [6.45, 7) is 4.55. The van der Waals surface area contributed by atoms with Gasteiger partial charge in [0.15, 0.2) is 0 Å². The highest BCUT2D eigenvalue weighted by Crippen LogP contribution is 2.19. The van der Waals surface area contributed by atoms with Crippen molar-refractivity contribution in [3.8, 4) is 0 Å². The van der Waals surface area contributed by atoms with Gasteiger partial charge in [0.1, 0.15) is 11.5 Å². The zero-order chi connectivity index (χ0) is 13.9. The SMILES string of the molecule is C=C(C(=O)O)N(CC)S(=O)(=O)c1cccc(F)c1. The fourth-order valence-corrected chi connectivity index (χ4v) is 2.84. The summed E-state index contributed by atoms with van der Waals surface area (Å²) in [6.07, 6.45) is 0. The van der Waals surface area contributed by atoms with E-state index in [1.807, 2.05) is 0 Å².